The van der Waals surface area contributed by atoms with E-state index >= 15 is 0 Å². The number of piperidine rings is 2. The maximum Gasteiger partial charge on any atom is 0.0104 e. The van der Waals surface area contributed by atoms with E-state index in [1.54, 1.807) is 0 Å². The second-order valence-electron chi connectivity index (χ2n) is 5.54. The second kappa shape index (κ2) is 13.9. The number of nitrogens with zero attached hydrogens (tertiary/aromatic N) is 2. The minimum Gasteiger partial charge on any atom is -0.314 e. The number of hydrogen-bond acceptors (Lipinski definition) is 4. The van der Waals surface area contributed by atoms with Crippen molar-refractivity contribution in [3.8, 4) is 0 Å². The van der Waals surface area contributed by atoms with Gasteiger partial charge in [0.05, 0.1) is 0 Å². The van der Waals surface area contributed by atoms with Gasteiger partial charge in [-0.2, -0.15) is 0 Å². The van der Waals surface area contributed by atoms with Crippen LogP contribution in [0.15, 0.2) is 0 Å². The van der Waals surface area contributed by atoms with Crippen LogP contribution in [0, 0.1) is 5.92 Å². The molecule has 0 aromatic carbocycles. The maximum absolute atomic E-state index is 3.80. The second-order valence-corrected chi connectivity index (χ2v) is 6.42. The molecule has 128 valence electrons. The highest BCUT2D eigenvalue weighted by Gasteiger charge is 2.21. The summed E-state index contributed by atoms with van der Waals surface area (Å²) in [6, 6.07) is 0.776. The Kier molecular flexibility index (Phi) is 14.0. The van der Waals surface area contributed by atoms with Crippen molar-refractivity contribution in [1.82, 2.24) is 14.5 Å². The van der Waals surface area contributed by atoms with E-state index in [-0.39, 0.29) is 0 Å². The summed E-state index contributed by atoms with van der Waals surface area (Å²) in [5, 5.41) is 3.80. The molecule has 21 heavy (non-hydrogen) atoms. The predicted molar refractivity (Wildman–Crippen MR) is 99.0 cm³/mol. The standard InChI is InChI=1S/C13H27N3S.2C2H6/c1-15-7-3-12(4-8-15)11-14-13-5-9-16(17-2)10-6-13;2*1-2/h12-14H,3-11H2,1-2H3;2*1-2H3. The van der Waals surface area contributed by atoms with Crippen molar-refractivity contribution in [3.63, 3.8) is 0 Å². The molecule has 0 saturated carbocycles. The van der Waals surface area contributed by atoms with E-state index in [2.05, 4.69) is 27.8 Å². The molecule has 0 radical (unpaired) electrons. The molecule has 0 amide bonds. The summed E-state index contributed by atoms with van der Waals surface area (Å²) in [6.45, 7) is 14.3. The zero-order chi connectivity index (χ0) is 16.1. The zero-order valence-corrected chi connectivity index (χ0v) is 16.1. The average Bonchev–Trinajstić information content (AvgIpc) is 2.58. The highest BCUT2D eigenvalue weighted by atomic mass is 32.2. The molecular formula is C17H39N3S. The van der Waals surface area contributed by atoms with Gasteiger partial charge in [-0.1, -0.05) is 39.6 Å². The van der Waals surface area contributed by atoms with E-state index in [9.17, 15) is 0 Å². The van der Waals surface area contributed by atoms with Crippen molar-refractivity contribution in [2.24, 2.45) is 5.92 Å². The van der Waals surface area contributed by atoms with Crippen molar-refractivity contribution in [3.05, 3.63) is 0 Å². The van der Waals surface area contributed by atoms with Gasteiger partial charge in [0.2, 0.25) is 0 Å². The molecule has 3 nitrogen and oxygen atoms in total. The fourth-order valence-electron chi connectivity index (χ4n) is 2.84. The Morgan fingerprint density at radius 3 is 1.90 bits per heavy atom. The lowest BCUT2D eigenvalue weighted by atomic mass is 9.96. The Balaban J connectivity index is 0.000000921. The van der Waals surface area contributed by atoms with E-state index in [1.165, 1.54) is 58.4 Å². The van der Waals surface area contributed by atoms with E-state index in [1.807, 2.05) is 39.6 Å². The highest BCUT2D eigenvalue weighted by Crippen LogP contribution is 2.18. The molecule has 2 aliphatic heterocycles. The topological polar surface area (TPSA) is 18.5 Å². The molecule has 0 atom stereocenters. The lowest BCUT2D eigenvalue weighted by Crippen LogP contribution is -2.43. The molecule has 0 bridgehead atoms. The molecule has 2 rings (SSSR count). The Morgan fingerprint density at radius 2 is 1.43 bits per heavy atom. The van der Waals surface area contributed by atoms with E-state index in [0.29, 0.717) is 0 Å². The number of nitrogens with one attached hydrogen (secondary N) is 1. The molecule has 0 unspecified atom stereocenters. The first kappa shape index (κ1) is 21.2. The molecule has 1 N–H and O–H groups in total. The summed E-state index contributed by atoms with van der Waals surface area (Å²) >= 11 is 1.89. The van der Waals surface area contributed by atoms with Crippen LogP contribution in [-0.4, -0.2) is 61.3 Å². The van der Waals surface area contributed by atoms with Crippen molar-refractivity contribution < 1.29 is 0 Å². The fourth-order valence-corrected chi connectivity index (χ4v) is 3.42. The molecule has 2 saturated heterocycles. The smallest absolute Gasteiger partial charge is 0.0104 e. The molecule has 0 spiro atoms. The van der Waals surface area contributed by atoms with Crippen LogP contribution in [0.3, 0.4) is 0 Å². The third kappa shape index (κ3) is 9.07. The molecular weight excluding hydrogens is 278 g/mol. The van der Waals surface area contributed by atoms with Gasteiger partial charge in [0.15, 0.2) is 0 Å². The Labute approximate surface area is 138 Å². The molecule has 2 fully saturated rings. The molecule has 2 heterocycles. The van der Waals surface area contributed by atoms with Crippen LogP contribution in [-0.2, 0) is 0 Å². The van der Waals surface area contributed by atoms with Gasteiger partial charge in [0.1, 0.15) is 0 Å². The molecule has 0 aliphatic carbocycles. The van der Waals surface area contributed by atoms with Crippen molar-refractivity contribution >= 4 is 11.9 Å². The normalized spacial score (nSPS) is 22.0. The van der Waals surface area contributed by atoms with Crippen molar-refractivity contribution in [2.45, 2.75) is 59.4 Å². The van der Waals surface area contributed by atoms with Gasteiger partial charge in [-0.25, -0.2) is 0 Å². The van der Waals surface area contributed by atoms with Crippen LogP contribution < -0.4 is 5.32 Å². The van der Waals surface area contributed by atoms with Crippen LogP contribution in [0.1, 0.15) is 53.4 Å². The molecule has 2 aliphatic rings. The summed E-state index contributed by atoms with van der Waals surface area (Å²) < 4.78 is 2.48. The van der Waals surface area contributed by atoms with Crippen LogP contribution in [0.4, 0.5) is 0 Å². The summed E-state index contributed by atoms with van der Waals surface area (Å²) in [5.74, 6) is 0.921. The predicted octanol–water partition coefficient (Wildman–Crippen LogP) is 3.71. The first-order chi connectivity index (χ1) is 10.3. The quantitative estimate of drug-likeness (QED) is 0.796. The summed E-state index contributed by atoms with van der Waals surface area (Å²) in [6.07, 6.45) is 7.60. The van der Waals surface area contributed by atoms with Crippen molar-refractivity contribution in [1.29, 1.82) is 0 Å². The number of likely N-dealkylation sites (tertiary alicyclic amines) is 1. The Bertz CT molecular complexity index is 210. The lowest BCUT2D eigenvalue weighted by molar-refractivity contribution is 0.206. The van der Waals surface area contributed by atoms with Crippen LogP contribution in [0.2, 0.25) is 0 Å². The minimum atomic E-state index is 0.776. The first-order valence-electron chi connectivity index (χ1n) is 8.99. The van der Waals surface area contributed by atoms with Gasteiger partial charge in [-0.15, -0.1) is 0 Å². The first-order valence-corrected chi connectivity index (χ1v) is 10.2. The van der Waals surface area contributed by atoms with Gasteiger partial charge in [-0.3, -0.25) is 4.31 Å². The van der Waals surface area contributed by atoms with Gasteiger partial charge >= 0.3 is 0 Å². The zero-order valence-electron chi connectivity index (χ0n) is 15.3. The van der Waals surface area contributed by atoms with Gasteiger partial charge < -0.3 is 10.2 Å². The third-order valence-corrected chi connectivity index (χ3v) is 5.13. The maximum atomic E-state index is 3.80. The summed E-state index contributed by atoms with van der Waals surface area (Å²) in [4.78, 5) is 2.45. The minimum absolute atomic E-state index is 0.776. The average molecular weight is 318 g/mol. The highest BCUT2D eigenvalue weighted by molar-refractivity contribution is 7.96. The fraction of sp³-hybridized carbons (Fsp3) is 1.00. The number of rotatable bonds is 4. The Hall–Kier alpha value is 0.230. The number of hydrogen-bond donors (Lipinski definition) is 1. The van der Waals surface area contributed by atoms with Crippen LogP contribution >= 0.6 is 11.9 Å². The van der Waals surface area contributed by atoms with Crippen LogP contribution in [0.5, 0.6) is 0 Å². The van der Waals surface area contributed by atoms with Gasteiger partial charge in [0.25, 0.3) is 0 Å². The monoisotopic (exact) mass is 317 g/mol. The molecule has 0 aromatic heterocycles. The van der Waals surface area contributed by atoms with Crippen LogP contribution in [0.25, 0.3) is 0 Å². The molecule has 0 aromatic rings. The summed E-state index contributed by atoms with van der Waals surface area (Å²) in [7, 11) is 2.24. The van der Waals surface area contributed by atoms with E-state index < -0.39 is 0 Å². The largest absolute Gasteiger partial charge is 0.314 e. The van der Waals surface area contributed by atoms with Gasteiger partial charge in [-0.05, 0) is 64.5 Å². The lowest BCUT2D eigenvalue weighted by Gasteiger charge is -2.33. The summed E-state index contributed by atoms with van der Waals surface area (Å²) in [5.41, 5.74) is 0. The van der Waals surface area contributed by atoms with E-state index in [4.69, 9.17) is 0 Å². The van der Waals surface area contributed by atoms with Gasteiger partial charge in [0, 0.05) is 19.1 Å². The van der Waals surface area contributed by atoms with Crippen molar-refractivity contribution in [2.75, 3.05) is 46.0 Å². The third-order valence-electron chi connectivity index (χ3n) is 4.25. The Morgan fingerprint density at radius 1 is 0.905 bits per heavy atom. The van der Waals surface area contributed by atoms with E-state index in [0.717, 1.165) is 12.0 Å². The molecule has 4 heteroatoms. The SMILES string of the molecule is CC.CC.CSN1CCC(NCC2CCN(C)CC2)CC1.